The van der Waals surface area contributed by atoms with Crippen molar-refractivity contribution in [2.45, 2.75) is 55.1 Å². The zero-order valence-corrected chi connectivity index (χ0v) is 19.6. The molecule has 0 aromatic heterocycles. The number of rotatable bonds is 10. The number of benzene rings is 2. The molecule has 0 bridgehead atoms. The Kier molecular flexibility index (Phi) is 8.43. The number of ether oxygens (including phenoxy) is 1. The first kappa shape index (κ1) is 24.8. The highest BCUT2D eigenvalue weighted by atomic mass is 32.2. The molecule has 1 heterocycles. The van der Waals surface area contributed by atoms with Gasteiger partial charge in [0.15, 0.2) is 0 Å². The van der Waals surface area contributed by atoms with E-state index in [2.05, 4.69) is 9.44 Å². The molecule has 0 amide bonds. The van der Waals surface area contributed by atoms with E-state index < -0.39 is 32.2 Å². The largest absolute Gasteiger partial charge is 0.394 e. The second-order valence-corrected chi connectivity index (χ2v) is 11.5. The Balaban J connectivity index is 1.50. The Hall–Kier alpha value is -1.82. The van der Waals surface area contributed by atoms with Gasteiger partial charge in [0.25, 0.3) is 0 Å². The third kappa shape index (κ3) is 7.09. The first-order valence-corrected chi connectivity index (χ1v) is 13.7. The van der Waals surface area contributed by atoms with E-state index in [0.717, 1.165) is 5.56 Å². The Bertz CT molecular complexity index is 1070. The van der Waals surface area contributed by atoms with Crippen molar-refractivity contribution in [3.05, 3.63) is 65.7 Å². The van der Waals surface area contributed by atoms with E-state index in [4.69, 9.17) is 4.74 Å². The lowest BCUT2D eigenvalue weighted by molar-refractivity contribution is -0.0869. The van der Waals surface area contributed by atoms with Crippen LogP contribution in [0.2, 0.25) is 0 Å². The molecule has 1 aliphatic rings. The minimum absolute atomic E-state index is 0.0957. The van der Waals surface area contributed by atoms with Gasteiger partial charge in [-0.05, 0) is 43.9 Å². The molecule has 3 N–H and O–H groups in total. The SMILES string of the molecule is Cc1ccc(S(=O)(=O)N[C@@H]2CC[C@@H](CCNS(=O)(=O)Cc3ccccc3)O[C@@H]2CO)cc1. The van der Waals surface area contributed by atoms with Gasteiger partial charge in [-0.2, -0.15) is 0 Å². The first-order chi connectivity index (χ1) is 15.2. The number of nitrogens with one attached hydrogen (secondary N) is 2. The number of hydrogen-bond donors (Lipinski definition) is 3. The lowest BCUT2D eigenvalue weighted by Crippen LogP contribution is -2.51. The third-order valence-corrected chi connectivity index (χ3v) is 8.28. The van der Waals surface area contributed by atoms with Gasteiger partial charge in [0.2, 0.25) is 20.0 Å². The average Bonchev–Trinajstić information content (AvgIpc) is 2.75. The molecule has 0 unspecified atom stereocenters. The second kappa shape index (κ2) is 10.9. The predicted molar refractivity (Wildman–Crippen MR) is 122 cm³/mol. The molecule has 8 nitrogen and oxygen atoms in total. The molecular weight excluding hydrogens is 452 g/mol. The molecule has 2 aromatic rings. The summed E-state index contributed by atoms with van der Waals surface area (Å²) in [5, 5.41) is 9.73. The molecular formula is C22H30N2O6S2. The number of aliphatic hydroxyl groups excluding tert-OH is 1. The van der Waals surface area contributed by atoms with Crippen LogP contribution in [0.25, 0.3) is 0 Å². The maximum absolute atomic E-state index is 12.7. The summed E-state index contributed by atoms with van der Waals surface area (Å²) in [6, 6.07) is 14.9. The van der Waals surface area contributed by atoms with Gasteiger partial charge in [-0.3, -0.25) is 0 Å². The fourth-order valence-corrected chi connectivity index (χ4v) is 6.14. The van der Waals surface area contributed by atoms with Crippen LogP contribution in [0.15, 0.2) is 59.5 Å². The summed E-state index contributed by atoms with van der Waals surface area (Å²) in [4.78, 5) is 0.162. The fourth-order valence-electron chi connectivity index (χ4n) is 3.68. The van der Waals surface area contributed by atoms with Crippen molar-refractivity contribution in [1.29, 1.82) is 0 Å². The maximum Gasteiger partial charge on any atom is 0.240 e. The lowest BCUT2D eigenvalue weighted by Gasteiger charge is -2.36. The van der Waals surface area contributed by atoms with Crippen molar-refractivity contribution >= 4 is 20.0 Å². The van der Waals surface area contributed by atoms with E-state index in [9.17, 15) is 21.9 Å². The lowest BCUT2D eigenvalue weighted by atomic mass is 9.98. The summed E-state index contributed by atoms with van der Waals surface area (Å²) in [6.45, 7) is 1.75. The van der Waals surface area contributed by atoms with Gasteiger partial charge >= 0.3 is 0 Å². The molecule has 1 fully saturated rings. The minimum atomic E-state index is -3.74. The van der Waals surface area contributed by atoms with Crippen molar-refractivity contribution in [2.75, 3.05) is 13.2 Å². The van der Waals surface area contributed by atoms with E-state index in [-0.39, 0.29) is 29.9 Å². The average molecular weight is 483 g/mol. The molecule has 176 valence electrons. The van der Waals surface area contributed by atoms with Crippen LogP contribution in [-0.4, -0.2) is 53.3 Å². The zero-order chi connectivity index (χ0) is 23.2. The topological polar surface area (TPSA) is 122 Å². The molecule has 0 spiro atoms. The van der Waals surface area contributed by atoms with Crippen LogP contribution in [0.1, 0.15) is 30.4 Å². The van der Waals surface area contributed by atoms with E-state index >= 15 is 0 Å². The smallest absolute Gasteiger partial charge is 0.240 e. The molecule has 0 saturated carbocycles. The van der Waals surface area contributed by atoms with E-state index in [1.807, 2.05) is 13.0 Å². The first-order valence-electron chi connectivity index (χ1n) is 10.5. The van der Waals surface area contributed by atoms with E-state index in [1.54, 1.807) is 48.5 Å². The van der Waals surface area contributed by atoms with Crippen molar-refractivity contribution in [1.82, 2.24) is 9.44 Å². The molecule has 10 heteroatoms. The van der Waals surface area contributed by atoms with Crippen molar-refractivity contribution < 1.29 is 26.7 Å². The van der Waals surface area contributed by atoms with Gasteiger partial charge in [-0.25, -0.2) is 26.3 Å². The third-order valence-electron chi connectivity index (χ3n) is 5.42. The molecule has 0 aliphatic carbocycles. The summed E-state index contributed by atoms with van der Waals surface area (Å²) >= 11 is 0. The summed E-state index contributed by atoms with van der Waals surface area (Å²) in [6.07, 6.45) is 0.499. The fraction of sp³-hybridized carbons (Fsp3) is 0.455. The van der Waals surface area contributed by atoms with Crippen LogP contribution in [0.4, 0.5) is 0 Å². The highest BCUT2D eigenvalue weighted by Crippen LogP contribution is 2.23. The maximum atomic E-state index is 12.7. The Morgan fingerprint density at radius 3 is 2.34 bits per heavy atom. The van der Waals surface area contributed by atoms with Gasteiger partial charge in [0, 0.05) is 6.54 Å². The number of aliphatic hydroxyl groups is 1. The van der Waals surface area contributed by atoms with Gasteiger partial charge in [0.05, 0.1) is 35.5 Å². The summed E-state index contributed by atoms with van der Waals surface area (Å²) in [5.41, 5.74) is 1.67. The van der Waals surface area contributed by atoms with Crippen LogP contribution in [0.5, 0.6) is 0 Å². The number of sulfonamides is 2. The molecule has 3 atom stereocenters. The molecule has 0 radical (unpaired) electrons. The second-order valence-electron chi connectivity index (χ2n) is 8.02. The highest BCUT2D eigenvalue weighted by Gasteiger charge is 2.34. The highest BCUT2D eigenvalue weighted by molar-refractivity contribution is 7.89. The Labute approximate surface area is 190 Å². The van der Waals surface area contributed by atoms with Crippen LogP contribution in [-0.2, 0) is 30.5 Å². The molecule has 1 saturated heterocycles. The van der Waals surface area contributed by atoms with E-state index in [1.165, 1.54) is 0 Å². The summed E-state index contributed by atoms with van der Waals surface area (Å²) in [7, 11) is -7.21. The molecule has 32 heavy (non-hydrogen) atoms. The molecule has 1 aliphatic heterocycles. The van der Waals surface area contributed by atoms with Crippen molar-refractivity contribution in [3.63, 3.8) is 0 Å². The standard InChI is InChI=1S/C22H30N2O6S2/c1-17-7-10-20(11-8-17)32(28,29)24-21-12-9-19(30-22(21)15-25)13-14-23-31(26,27)16-18-5-3-2-4-6-18/h2-8,10-11,19,21-25H,9,12-16H2,1H3/t19-,21+,22+/m0/s1. The zero-order valence-electron chi connectivity index (χ0n) is 18.0. The van der Waals surface area contributed by atoms with Gasteiger partial charge in [0.1, 0.15) is 0 Å². The van der Waals surface area contributed by atoms with Crippen LogP contribution >= 0.6 is 0 Å². The number of hydrogen-bond acceptors (Lipinski definition) is 6. The van der Waals surface area contributed by atoms with Gasteiger partial charge < -0.3 is 9.84 Å². The normalized spacial score (nSPS) is 22.0. The van der Waals surface area contributed by atoms with Crippen molar-refractivity contribution in [2.24, 2.45) is 0 Å². The number of aryl methyl sites for hydroxylation is 1. The van der Waals surface area contributed by atoms with Crippen LogP contribution < -0.4 is 9.44 Å². The molecule has 2 aromatic carbocycles. The van der Waals surface area contributed by atoms with Gasteiger partial charge in [-0.1, -0.05) is 48.0 Å². The van der Waals surface area contributed by atoms with Gasteiger partial charge in [-0.15, -0.1) is 0 Å². The molecule has 3 rings (SSSR count). The minimum Gasteiger partial charge on any atom is -0.394 e. The van der Waals surface area contributed by atoms with Crippen LogP contribution in [0, 0.1) is 6.92 Å². The summed E-state index contributed by atoms with van der Waals surface area (Å²) in [5.74, 6) is -0.0957. The quantitative estimate of drug-likeness (QED) is 0.474. The van der Waals surface area contributed by atoms with E-state index in [0.29, 0.717) is 24.8 Å². The monoisotopic (exact) mass is 482 g/mol. The summed E-state index contributed by atoms with van der Waals surface area (Å²) < 4.78 is 60.9. The predicted octanol–water partition coefficient (Wildman–Crippen LogP) is 1.69. The Morgan fingerprint density at radius 2 is 1.69 bits per heavy atom. The van der Waals surface area contributed by atoms with Crippen LogP contribution in [0.3, 0.4) is 0 Å². The Morgan fingerprint density at radius 1 is 1.00 bits per heavy atom. The van der Waals surface area contributed by atoms with Crippen molar-refractivity contribution in [3.8, 4) is 0 Å².